The number of oxime groups is 1. The van der Waals surface area contributed by atoms with E-state index in [-0.39, 0.29) is 17.2 Å². The third kappa shape index (κ3) is 3.98. The third-order valence-electron chi connectivity index (χ3n) is 5.17. The molecule has 31 heavy (non-hydrogen) atoms. The Morgan fingerprint density at radius 2 is 1.10 bits per heavy atom. The van der Waals surface area contributed by atoms with Crippen molar-refractivity contribution in [1.29, 1.82) is 0 Å². The van der Waals surface area contributed by atoms with Crippen molar-refractivity contribution in [3.05, 3.63) is 115 Å². The summed E-state index contributed by atoms with van der Waals surface area (Å²) in [5.74, 6) is 1.74. The number of hydrogen-bond donors (Lipinski definition) is 3. The Hall–Kier alpha value is -3.75. The second-order valence-electron chi connectivity index (χ2n) is 7.05. The highest BCUT2D eigenvalue weighted by atomic mass is 31.2. The van der Waals surface area contributed by atoms with E-state index < -0.39 is 6.89 Å². The molecule has 4 nitrogen and oxygen atoms in total. The summed E-state index contributed by atoms with van der Waals surface area (Å²) in [6.45, 7) is -2.41. The maximum absolute atomic E-state index is 10.4. The molecule has 0 spiro atoms. The fourth-order valence-corrected chi connectivity index (χ4v) is 7.56. The van der Waals surface area contributed by atoms with Gasteiger partial charge in [0.2, 0.25) is 0 Å². The SMILES string of the molecule is ON=C(C=P(c1ccccc1)(c1ccccc1)c1ccccc1)c1ccc(O)cc1O. The van der Waals surface area contributed by atoms with Gasteiger partial charge in [-0.25, -0.2) is 0 Å². The van der Waals surface area contributed by atoms with E-state index in [2.05, 4.69) is 41.6 Å². The molecular weight excluding hydrogens is 405 g/mol. The normalized spacial score (nSPS) is 11.8. The van der Waals surface area contributed by atoms with Gasteiger partial charge in [0.1, 0.15) is 17.2 Å². The molecule has 0 fully saturated rings. The highest BCUT2D eigenvalue weighted by molar-refractivity contribution is 7.95. The van der Waals surface area contributed by atoms with Gasteiger partial charge in [0.15, 0.2) is 0 Å². The zero-order valence-electron chi connectivity index (χ0n) is 16.7. The molecule has 0 bridgehead atoms. The minimum Gasteiger partial charge on any atom is -0.508 e. The van der Waals surface area contributed by atoms with Gasteiger partial charge in [0.25, 0.3) is 0 Å². The Morgan fingerprint density at radius 3 is 1.48 bits per heavy atom. The molecule has 0 aliphatic heterocycles. The second kappa shape index (κ2) is 8.95. The molecule has 0 aromatic heterocycles. The van der Waals surface area contributed by atoms with E-state index in [0.29, 0.717) is 5.56 Å². The van der Waals surface area contributed by atoms with Gasteiger partial charge in [-0.15, -0.1) is 0 Å². The molecule has 0 atom stereocenters. The molecule has 0 radical (unpaired) electrons. The van der Waals surface area contributed by atoms with Crippen LogP contribution in [0.1, 0.15) is 5.56 Å². The van der Waals surface area contributed by atoms with Crippen molar-refractivity contribution in [2.24, 2.45) is 5.16 Å². The van der Waals surface area contributed by atoms with Crippen molar-refractivity contribution in [2.75, 3.05) is 0 Å². The molecule has 0 aliphatic rings. The Kier molecular flexibility index (Phi) is 5.92. The molecule has 4 aromatic carbocycles. The van der Waals surface area contributed by atoms with Crippen LogP contribution in [0, 0.1) is 0 Å². The quantitative estimate of drug-likeness (QED) is 0.195. The molecule has 0 aliphatic carbocycles. The number of benzene rings is 4. The van der Waals surface area contributed by atoms with Gasteiger partial charge in [-0.2, -0.15) is 0 Å². The average Bonchev–Trinajstić information content (AvgIpc) is 2.82. The van der Waals surface area contributed by atoms with Crippen LogP contribution in [0.25, 0.3) is 0 Å². The van der Waals surface area contributed by atoms with Gasteiger partial charge >= 0.3 is 0 Å². The van der Waals surface area contributed by atoms with Gasteiger partial charge in [-0.3, -0.25) is 0 Å². The summed E-state index contributed by atoms with van der Waals surface area (Å²) in [7, 11) is 0. The van der Waals surface area contributed by atoms with Crippen molar-refractivity contribution >= 4 is 34.3 Å². The first-order chi connectivity index (χ1) is 15.1. The van der Waals surface area contributed by atoms with Gasteiger partial charge in [0.05, 0.1) is 0 Å². The van der Waals surface area contributed by atoms with Crippen molar-refractivity contribution < 1.29 is 15.4 Å². The predicted molar refractivity (Wildman–Crippen MR) is 129 cm³/mol. The summed E-state index contributed by atoms with van der Waals surface area (Å²) in [5, 5.41) is 36.9. The predicted octanol–water partition coefficient (Wildman–Crippen LogP) is 4.07. The van der Waals surface area contributed by atoms with E-state index in [4.69, 9.17) is 0 Å². The Labute approximate surface area is 181 Å². The molecule has 4 aromatic rings. The molecule has 154 valence electrons. The lowest BCUT2D eigenvalue weighted by Gasteiger charge is -2.29. The summed E-state index contributed by atoms with van der Waals surface area (Å²) in [4.78, 5) is 0. The van der Waals surface area contributed by atoms with Gasteiger partial charge in [-0.05, 0) is 40.7 Å². The molecule has 0 heterocycles. The lowest BCUT2D eigenvalue weighted by atomic mass is 10.1. The maximum atomic E-state index is 10.4. The van der Waals surface area contributed by atoms with Crippen molar-refractivity contribution in [3.63, 3.8) is 0 Å². The zero-order valence-corrected chi connectivity index (χ0v) is 17.6. The summed E-state index contributed by atoms with van der Waals surface area (Å²) in [6, 6.07) is 34.6. The summed E-state index contributed by atoms with van der Waals surface area (Å²) >= 11 is 0. The van der Waals surface area contributed by atoms with Crippen LogP contribution in [0.3, 0.4) is 0 Å². The number of hydrogen-bond acceptors (Lipinski definition) is 4. The smallest absolute Gasteiger partial charge is 0.128 e. The minimum absolute atomic E-state index is 0.0613. The van der Waals surface area contributed by atoms with Crippen LogP contribution >= 0.6 is 6.89 Å². The Balaban J connectivity index is 2.11. The van der Waals surface area contributed by atoms with Crippen LogP contribution in [-0.2, 0) is 0 Å². The van der Waals surface area contributed by atoms with Crippen LogP contribution < -0.4 is 15.9 Å². The highest BCUT2D eigenvalue weighted by Crippen LogP contribution is 2.44. The molecule has 3 N–H and O–H groups in total. The number of nitrogens with zero attached hydrogens (tertiary/aromatic N) is 1. The van der Waals surface area contributed by atoms with Crippen LogP contribution in [0.5, 0.6) is 11.5 Å². The Morgan fingerprint density at radius 1 is 0.645 bits per heavy atom. The fourth-order valence-electron chi connectivity index (χ4n) is 3.73. The summed E-state index contributed by atoms with van der Waals surface area (Å²) in [6.07, 6.45) is 0. The lowest BCUT2D eigenvalue weighted by Crippen LogP contribution is -2.28. The maximum Gasteiger partial charge on any atom is 0.128 e. The number of phenols is 2. The van der Waals surface area contributed by atoms with E-state index >= 15 is 0 Å². The first-order valence-corrected chi connectivity index (χ1v) is 11.7. The number of phenolic OH excluding ortho intramolecular Hbond substituents is 2. The monoisotopic (exact) mass is 427 g/mol. The zero-order chi connectivity index (χ0) is 21.7. The van der Waals surface area contributed by atoms with Crippen molar-refractivity contribution in [1.82, 2.24) is 0 Å². The van der Waals surface area contributed by atoms with E-state index in [1.807, 2.05) is 60.4 Å². The fraction of sp³-hybridized carbons (Fsp3) is 0. The highest BCUT2D eigenvalue weighted by Gasteiger charge is 2.26. The number of aromatic hydroxyl groups is 2. The van der Waals surface area contributed by atoms with Gasteiger partial charge < -0.3 is 15.4 Å². The van der Waals surface area contributed by atoms with E-state index in [1.165, 1.54) is 12.1 Å². The molecule has 0 amide bonds. The van der Waals surface area contributed by atoms with Crippen LogP contribution in [0.4, 0.5) is 0 Å². The Bertz CT molecular complexity index is 1150. The molecule has 0 saturated carbocycles. The average molecular weight is 427 g/mol. The summed E-state index contributed by atoms with van der Waals surface area (Å²) < 4.78 is 0. The third-order valence-corrected chi connectivity index (χ3v) is 9.14. The van der Waals surface area contributed by atoms with Gasteiger partial charge in [0, 0.05) is 11.6 Å². The molecule has 4 rings (SSSR count). The van der Waals surface area contributed by atoms with Crippen molar-refractivity contribution in [3.8, 4) is 11.5 Å². The van der Waals surface area contributed by atoms with Gasteiger partial charge in [-0.1, -0.05) is 96.2 Å². The van der Waals surface area contributed by atoms with Crippen LogP contribution in [0.15, 0.2) is 114 Å². The van der Waals surface area contributed by atoms with Crippen molar-refractivity contribution in [2.45, 2.75) is 0 Å². The molecule has 5 heteroatoms. The minimum atomic E-state index is -2.41. The van der Waals surface area contributed by atoms with Crippen LogP contribution in [0.2, 0.25) is 0 Å². The summed E-state index contributed by atoms with van der Waals surface area (Å²) in [5.41, 5.74) is 0.579. The lowest BCUT2D eigenvalue weighted by molar-refractivity contribution is 0.320. The standard InChI is InChI=1S/C26H22NO3P/c28-20-16-17-24(26(29)18-20)25(27-30)19-31(21-10-4-1-5-11-21,22-12-6-2-7-13-22)23-14-8-3-9-15-23/h1-19,28-30H. The molecule has 0 saturated heterocycles. The van der Waals surface area contributed by atoms with E-state index in [0.717, 1.165) is 15.9 Å². The molecular formula is C26H22NO3P. The number of rotatable bonds is 5. The van der Waals surface area contributed by atoms with E-state index in [1.54, 1.807) is 6.07 Å². The van der Waals surface area contributed by atoms with E-state index in [9.17, 15) is 15.4 Å². The first kappa shape index (κ1) is 20.5. The second-order valence-corrected chi connectivity index (χ2v) is 10.3. The van der Waals surface area contributed by atoms with Crippen LogP contribution in [-0.4, -0.2) is 26.9 Å². The molecule has 0 unspecified atom stereocenters. The topological polar surface area (TPSA) is 73.1 Å². The largest absolute Gasteiger partial charge is 0.508 e. The first-order valence-electron chi connectivity index (χ1n) is 9.81.